The van der Waals surface area contributed by atoms with Gasteiger partial charge >= 0.3 is 0 Å². The van der Waals surface area contributed by atoms with E-state index < -0.39 is 0 Å². The number of aromatic amines is 2. The molecule has 0 fully saturated rings. The van der Waals surface area contributed by atoms with Crippen LogP contribution in [0.3, 0.4) is 0 Å². The van der Waals surface area contributed by atoms with Crippen molar-refractivity contribution in [3.05, 3.63) is 81.1 Å². The van der Waals surface area contributed by atoms with Crippen molar-refractivity contribution in [2.45, 2.75) is 26.2 Å². The number of benzene rings is 2. The second-order valence-electron chi connectivity index (χ2n) is 7.21. The molecule has 1 atom stereocenters. The van der Waals surface area contributed by atoms with Crippen LogP contribution in [0.4, 0.5) is 5.13 Å². The highest BCUT2D eigenvalue weighted by molar-refractivity contribution is 7.15. The largest absolute Gasteiger partial charge is 0.362 e. The van der Waals surface area contributed by atoms with E-state index in [9.17, 15) is 4.79 Å². The maximum Gasteiger partial charge on any atom is 0.271 e. The van der Waals surface area contributed by atoms with Gasteiger partial charge in [-0.05, 0) is 55.4 Å². The Hall–Kier alpha value is -2.86. The Morgan fingerprint density at radius 2 is 1.89 bits per heavy atom. The minimum Gasteiger partial charge on any atom is -0.362 e. The number of nitrogens with zero attached hydrogens (tertiary/aromatic N) is 1. The second kappa shape index (κ2) is 8.44. The minimum absolute atomic E-state index is 0.0645. The van der Waals surface area contributed by atoms with Crippen LogP contribution < -0.4 is 10.9 Å². The van der Waals surface area contributed by atoms with Gasteiger partial charge in [0.2, 0.25) is 0 Å². The molecule has 2 aromatic heterocycles. The average molecular weight is 393 g/mol. The quantitative estimate of drug-likeness (QED) is 0.413. The first-order valence-electron chi connectivity index (χ1n) is 9.57. The van der Waals surface area contributed by atoms with Crippen LogP contribution in [-0.2, 0) is 12.8 Å². The van der Waals surface area contributed by atoms with Crippen LogP contribution in [0.15, 0.2) is 59.5 Å². The highest BCUT2D eigenvalue weighted by Crippen LogP contribution is 2.21. The zero-order chi connectivity index (χ0) is 19.3. The van der Waals surface area contributed by atoms with E-state index in [1.54, 1.807) is 11.3 Å². The molecule has 0 radical (unpaired) electrons. The topological polar surface area (TPSA) is 73.6 Å². The highest BCUT2D eigenvalue weighted by Gasteiger charge is 2.13. The third kappa shape index (κ3) is 4.51. The maximum absolute atomic E-state index is 11.7. The number of nitrogens with one attached hydrogen (secondary N) is 3. The van der Waals surface area contributed by atoms with Crippen molar-refractivity contribution in [1.29, 1.82) is 0 Å². The van der Waals surface area contributed by atoms with E-state index in [1.807, 2.05) is 12.3 Å². The SMILES string of the molecule is Cc1cnc(NCCC(Cc2ccccc2)Cc2ccc3c(=O)[nH][nH]c3c2)s1. The lowest BCUT2D eigenvalue weighted by molar-refractivity contribution is 0.494. The molecule has 2 aromatic carbocycles. The van der Waals surface area contributed by atoms with Crippen LogP contribution in [0, 0.1) is 12.8 Å². The van der Waals surface area contributed by atoms with Gasteiger partial charge in [-0.2, -0.15) is 0 Å². The van der Waals surface area contributed by atoms with Crippen LogP contribution in [0.2, 0.25) is 0 Å². The Bertz CT molecular complexity index is 1100. The van der Waals surface area contributed by atoms with Crippen LogP contribution in [0.1, 0.15) is 22.4 Å². The smallest absolute Gasteiger partial charge is 0.271 e. The van der Waals surface area contributed by atoms with E-state index in [2.05, 4.69) is 69.9 Å². The Morgan fingerprint density at radius 3 is 2.68 bits per heavy atom. The molecular weight excluding hydrogens is 368 g/mol. The summed E-state index contributed by atoms with van der Waals surface area (Å²) in [6.07, 6.45) is 4.95. The number of hydrogen-bond acceptors (Lipinski definition) is 4. The Kier molecular flexibility index (Phi) is 5.58. The molecule has 6 heteroatoms. The molecule has 0 bridgehead atoms. The monoisotopic (exact) mass is 392 g/mol. The molecule has 144 valence electrons. The summed E-state index contributed by atoms with van der Waals surface area (Å²) in [4.78, 5) is 17.3. The zero-order valence-corrected chi connectivity index (χ0v) is 16.7. The van der Waals surface area contributed by atoms with Crippen molar-refractivity contribution in [3.8, 4) is 0 Å². The molecule has 28 heavy (non-hydrogen) atoms. The predicted molar refractivity (Wildman–Crippen MR) is 116 cm³/mol. The van der Waals surface area contributed by atoms with E-state index in [-0.39, 0.29) is 5.56 Å². The predicted octanol–water partition coefficient (Wildman–Crippen LogP) is 4.52. The molecule has 5 nitrogen and oxygen atoms in total. The molecule has 0 saturated carbocycles. The molecule has 2 heterocycles. The third-order valence-corrected chi connectivity index (χ3v) is 5.85. The van der Waals surface area contributed by atoms with E-state index in [1.165, 1.54) is 16.0 Å². The highest BCUT2D eigenvalue weighted by atomic mass is 32.1. The van der Waals surface area contributed by atoms with Gasteiger partial charge in [0, 0.05) is 17.6 Å². The fourth-order valence-electron chi connectivity index (χ4n) is 3.59. The summed E-state index contributed by atoms with van der Waals surface area (Å²) in [6, 6.07) is 16.7. The molecule has 4 aromatic rings. The summed E-state index contributed by atoms with van der Waals surface area (Å²) in [5.74, 6) is 0.499. The van der Waals surface area contributed by atoms with E-state index in [4.69, 9.17) is 0 Å². The molecule has 0 spiro atoms. The summed E-state index contributed by atoms with van der Waals surface area (Å²) >= 11 is 1.69. The number of aromatic nitrogens is 3. The van der Waals surface area contributed by atoms with E-state index in [0.29, 0.717) is 11.3 Å². The summed E-state index contributed by atoms with van der Waals surface area (Å²) in [7, 11) is 0. The zero-order valence-electron chi connectivity index (χ0n) is 15.9. The normalized spacial score (nSPS) is 12.3. The summed E-state index contributed by atoms with van der Waals surface area (Å²) in [6.45, 7) is 2.97. The molecule has 0 aliphatic carbocycles. The van der Waals surface area contributed by atoms with Crippen molar-refractivity contribution in [2.75, 3.05) is 11.9 Å². The Balaban J connectivity index is 1.46. The number of anilines is 1. The van der Waals surface area contributed by atoms with Crippen LogP contribution >= 0.6 is 11.3 Å². The molecule has 0 aliphatic rings. The third-order valence-electron chi connectivity index (χ3n) is 4.98. The van der Waals surface area contributed by atoms with Crippen molar-refractivity contribution in [1.82, 2.24) is 15.2 Å². The summed E-state index contributed by atoms with van der Waals surface area (Å²) in [5.41, 5.74) is 3.41. The van der Waals surface area contributed by atoms with E-state index in [0.717, 1.165) is 36.5 Å². The first-order valence-corrected chi connectivity index (χ1v) is 10.4. The average Bonchev–Trinajstić information content (AvgIpc) is 3.28. The van der Waals surface area contributed by atoms with Gasteiger partial charge in [0.05, 0.1) is 10.9 Å². The second-order valence-corrected chi connectivity index (χ2v) is 8.45. The number of fused-ring (bicyclic) bond motifs is 1. The molecule has 0 saturated heterocycles. The van der Waals surface area contributed by atoms with Gasteiger partial charge in [-0.3, -0.25) is 15.0 Å². The fourth-order valence-corrected chi connectivity index (χ4v) is 4.28. The first-order chi connectivity index (χ1) is 13.7. The van der Waals surface area contributed by atoms with Gasteiger partial charge in [0.15, 0.2) is 5.13 Å². The molecule has 3 N–H and O–H groups in total. The minimum atomic E-state index is -0.0645. The number of thiazole rings is 1. The Morgan fingerprint density at radius 1 is 1.07 bits per heavy atom. The van der Waals surface area contributed by atoms with Crippen molar-refractivity contribution in [2.24, 2.45) is 5.92 Å². The van der Waals surface area contributed by atoms with Crippen molar-refractivity contribution >= 4 is 27.4 Å². The lowest BCUT2D eigenvalue weighted by Crippen LogP contribution is -2.14. The number of hydrogen-bond donors (Lipinski definition) is 3. The van der Waals surface area contributed by atoms with Gasteiger partial charge in [-0.1, -0.05) is 36.4 Å². The number of aryl methyl sites for hydroxylation is 1. The lowest BCUT2D eigenvalue weighted by atomic mass is 9.89. The first kappa shape index (κ1) is 18.5. The van der Waals surface area contributed by atoms with Crippen LogP contribution in [0.25, 0.3) is 10.9 Å². The lowest BCUT2D eigenvalue weighted by Gasteiger charge is -2.18. The van der Waals surface area contributed by atoms with Crippen molar-refractivity contribution < 1.29 is 0 Å². The molecular formula is C22H24N4OS. The fraction of sp³-hybridized carbons (Fsp3) is 0.273. The number of rotatable bonds is 8. The van der Waals surface area contributed by atoms with Gasteiger partial charge in [-0.25, -0.2) is 4.98 Å². The van der Waals surface area contributed by atoms with Crippen LogP contribution in [0.5, 0.6) is 0 Å². The van der Waals surface area contributed by atoms with Gasteiger partial charge < -0.3 is 5.32 Å². The Labute approximate surface area is 167 Å². The summed E-state index contributed by atoms with van der Waals surface area (Å²) in [5, 5.41) is 10.8. The van der Waals surface area contributed by atoms with Gasteiger partial charge in [0.25, 0.3) is 5.56 Å². The van der Waals surface area contributed by atoms with Crippen molar-refractivity contribution in [3.63, 3.8) is 0 Å². The summed E-state index contributed by atoms with van der Waals surface area (Å²) < 4.78 is 0. The van der Waals surface area contributed by atoms with Crippen LogP contribution in [-0.4, -0.2) is 21.7 Å². The standard InChI is InChI=1S/C22H24N4OS/c1-15-14-24-22(28-15)23-10-9-18(11-16-5-3-2-4-6-16)12-17-7-8-19-20(13-17)25-26-21(19)27/h2-8,13-14,18H,9-12H2,1H3,(H,23,24)(H2,25,26,27). The number of H-pyrrole nitrogens is 2. The van der Waals surface area contributed by atoms with Gasteiger partial charge in [0.1, 0.15) is 0 Å². The maximum atomic E-state index is 11.7. The van der Waals surface area contributed by atoms with E-state index >= 15 is 0 Å². The molecule has 0 aliphatic heterocycles. The van der Waals surface area contributed by atoms with Gasteiger partial charge in [-0.15, -0.1) is 11.3 Å². The molecule has 4 rings (SSSR count). The molecule has 0 amide bonds. The molecule has 1 unspecified atom stereocenters.